The molecule has 0 heterocycles. The minimum Gasteiger partial charge on any atom is -0.0882 e. The van der Waals surface area contributed by atoms with Gasteiger partial charge in [0.15, 0.2) is 0 Å². The Morgan fingerprint density at radius 3 is 2.50 bits per heavy atom. The van der Waals surface area contributed by atoms with E-state index in [1.165, 1.54) is 12.8 Å². The molecule has 0 aliphatic heterocycles. The average molecular weight is 163 g/mol. The fourth-order valence-electron chi connectivity index (χ4n) is 0.784. The van der Waals surface area contributed by atoms with Crippen molar-refractivity contribution >= 4 is 0 Å². The smallest absolute Gasteiger partial charge is 0.0133 e. The van der Waals surface area contributed by atoms with Crippen LogP contribution < -0.4 is 0 Å². The van der Waals surface area contributed by atoms with Gasteiger partial charge in [-0.1, -0.05) is 49.8 Å². The Morgan fingerprint density at radius 2 is 1.83 bits per heavy atom. The SMILES string of the molecule is CC=CC=CC[CH]C=CCCC. The van der Waals surface area contributed by atoms with Gasteiger partial charge >= 0.3 is 0 Å². The normalized spacial score (nSPS) is 12.5. The predicted octanol–water partition coefficient (Wildman–Crippen LogP) is 4.07. The minimum absolute atomic E-state index is 1.03. The molecule has 0 N–H and O–H groups in total. The maximum Gasteiger partial charge on any atom is -0.0133 e. The third-order valence-electron chi connectivity index (χ3n) is 1.44. The summed E-state index contributed by atoms with van der Waals surface area (Å²) in [6.45, 7) is 4.21. The number of hydrogen-bond acceptors (Lipinski definition) is 0. The molecule has 0 aromatic rings. The summed E-state index contributed by atoms with van der Waals surface area (Å²) in [4.78, 5) is 0. The highest BCUT2D eigenvalue weighted by Gasteiger charge is 1.76. The van der Waals surface area contributed by atoms with Crippen molar-refractivity contribution in [3.05, 3.63) is 42.9 Å². The predicted molar refractivity (Wildman–Crippen MR) is 56.9 cm³/mol. The van der Waals surface area contributed by atoms with E-state index in [4.69, 9.17) is 0 Å². The summed E-state index contributed by atoms with van der Waals surface area (Å²) in [5, 5.41) is 0. The zero-order valence-corrected chi connectivity index (χ0v) is 8.16. The van der Waals surface area contributed by atoms with E-state index in [0.717, 1.165) is 6.42 Å². The van der Waals surface area contributed by atoms with Gasteiger partial charge in [0.1, 0.15) is 0 Å². The van der Waals surface area contributed by atoms with Crippen LogP contribution in [0.1, 0.15) is 33.1 Å². The second-order valence-electron chi connectivity index (χ2n) is 2.64. The van der Waals surface area contributed by atoms with Gasteiger partial charge in [0.05, 0.1) is 0 Å². The van der Waals surface area contributed by atoms with Gasteiger partial charge in [-0.05, 0) is 26.2 Å². The molecular formula is C12H19. The van der Waals surface area contributed by atoms with Gasteiger partial charge < -0.3 is 0 Å². The molecule has 0 atom stereocenters. The molecule has 0 spiro atoms. The van der Waals surface area contributed by atoms with E-state index in [2.05, 4.69) is 37.6 Å². The maximum absolute atomic E-state index is 2.21. The van der Waals surface area contributed by atoms with Gasteiger partial charge in [-0.15, -0.1) is 0 Å². The molecular weight excluding hydrogens is 144 g/mol. The summed E-state index contributed by atoms with van der Waals surface area (Å²) in [7, 11) is 0. The van der Waals surface area contributed by atoms with Gasteiger partial charge in [0.25, 0.3) is 0 Å². The van der Waals surface area contributed by atoms with Crippen molar-refractivity contribution in [2.24, 2.45) is 0 Å². The first-order valence-electron chi connectivity index (χ1n) is 4.68. The Balaban J connectivity index is 3.20. The van der Waals surface area contributed by atoms with Crippen LogP contribution >= 0.6 is 0 Å². The van der Waals surface area contributed by atoms with Gasteiger partial charge in [-0.25, -0.2) is 0 Å². The van der Waals surface area contributed by atoms with Crippen molar-refractivity contribution in [3.63, 3.8) is 0 Å². The van der Waals surface area contributed by atoms with E-state index < -0.39 is 0 Å². The highest BCUT2D eigenvalue weighted by molar-refractivity contribution is 5.05. The highest BCUT2D eigenvalue weighted by Crippen LogP contribution is 1.94. The molecule has 0 aromatic heterocycles. The van der Waals surface area contributed by atoms with Gasteiger partial charge in [0, 0.05) is 0 Å². The summed E-state index contributed by atoms with van der Waals surface area (Å²) in [5.74, 6) is 0. The summed E-state index contributed by atoms with van der Waals surface area (Å²) in [5.41, 5.74) is 0. The van der Waals surface area contributed by atoms with Gasteiger partial charge in [0.2, 0.25) is 0 Å². The van der Waals surface area contributed by atoms with Gasteiger partial charge in [-0.3, -0.25) is 0 Å². The Hall–Kier alpha value is -0.780. The van der Waals surface area contributed by atoms with Crippen LogP contribution in [-0.4, -0.2) is 0 Å². The second kappa shape index (κ2) is 10.2. The number of hydrogen-bond donors (Lipinski definition) is 0. The Bertz CT molecular complexity index is 149. The molecule has 0 aliphatic carbocycles. The molecule has 0 amide bonds. The van der Waals surface area contributed by atoms with Crippen molar-refractivity contribution < 1.29 is 0 Å². The van der Waals surface area contributed by atoms with E-state index in [9.17, 15) is 0 Å². The summed E-state index contributed by atoms with van der Waals surface area (Å²) in [6.07, 6.45) is 18.3. The van der Waals surface area contributed by atoms with E-state index >= 15 is 0 Å². The van der Waals surface area contributed by atoms with Crippen LogP contribution in [0.2, 0.25) is 0 Å². The molecule has 0 saturated carbocycles. The van der Waals surface area contributed by atoms with Crippen molar-refractivity contribution in [1.29, 1.82) is 0 Å². The molecule has 0 aliphatic rings. The minimum atomic E-state index is 1.03. The molecule has 67 valence electrons. The molecule has 0 unspecified atom stereocenters. The molecule has 0 fully saturated rings. The van der Waals surface area contributed by atoms with Crippen LogP contribution in [0.15, 0.2) is 36.5 Å². The Labute approximate surface area is 76.7 Å². The molecule has 12 heavy (non-hydrogen) atoms. The molecule has 0 nitrogen and oxygen atoms in total. The topological polar surface area (TPSA) is 0 Å². The monoisotopic (exact) mass is 163 g/mol. The van der Waals surface area contributed by atoms with Crippen molar-refractivity contribution in [2.75, 3.05) is 0 Å². The Morgan fingerprint density at radius 1 is 1.00 bits per heavy atom. The lowest BCUT2D eigenvalue weighted by molar-refractivity contribution is 0.956. The first-order valence-corrected chi connectivity index (χ1v) is 4.68. The van der Waals surface area contributed by atoms with E-state index in [1.54, 1.807) is 0 Å². The lowest BCUT2D eigenvalue weighted by atomic mass is 10.2. The molecule has 0 rings (SSSR count). The first-order chi connectivity index (χ1) is 5.91. The highest BCUT2D eigenvalue weighted by atomic mass is 13.8. The molecule has 1 radical (unpaired) electrons. The van der Waals surface area contributed by atoms with Crippen molar-refractivity contribution in [1.82, 2.24) is 0 Å². The molecule has 0 heteroatoms. The van der Waals surface area contributed by atoms with E-state index in [0.29, 0.717) is 0 Å². The fourth-order valence-corrected chi connectivity index (χ4v) is 0.784. The third kappa shape index (κ3) is 9.22. The van der Waals surface area contributed by atoms with E-state index in [-0.39, 0.29) is 0 Å². The van der Waals surface area contributed by atoms with Crippen LogP contribution in [0, 0.1) is 6.42 Å². The van der Waals surface area contributed by atoms with Crippen molar-refractivity contribution in [3.8, 4) is 0 Å². The number of unbranched alkanes of at least 4 members (excludes halogenated alkanes) is 2. The largest absolute Gasteiger partial charge is 0.0882 e. The first kappa shape index (κ1) is 11.2. The Kier molecular flexibility index (Phi) is 9.56. The summed E-state index contributed by atoms with van der Waals surface area (Å²) < 4.78 is 0. The van der Waals surface area contributed by atoms with Gasteiger partial charge in [-0.2, -0.15) is 0 Å². The molecule has 0 bridgehead atoms. The van der Waals surface area contributed by atoms with Crippen LogP contribution in [0.25, 0.3) is 0 Å². The molecule has 0 aromatic carbocycles. The van der Waals surface area contributed by atoms with Crippen LogP contribution in [-0.2, 0) is 0 Å². The third-order valence-corrected chi connectivity index (χ3v) is 1.44. The standard InChI is InChI=1S/C12H19/c1-3-5-7-9-11-12-10-8-6-4-2/h3,5,7-10,12H,4,6,11H2,1-2H3. The van der Waals surface area contributed by atoms with E-state index in [1.807, 2.05) is 19.1 Å². The summed E-state index contributed by atoms with van der Waals surface area (Å²) in [6, 6.07) is 0. The van der Waals surface area contributed by atoms with Crippen LogP contribution in [0.4, 0.5) is 0 Å². The lowest BCUT2D eigenvalue weighted by Gasteiger charge is -1.85. The maximum atomic E-state index is 2.21. The molecule has 0 saturated heterocycles. The number of allylic oxidation sites excluding steroid dienone is 6. The number of rotatable bonds is 6. The zero-order valence-electron chi connectivity index (χ0n) is 8.16. The van der Waals surface area contributed by atoms with Crippen LogP contribution in [0.3, 0.4) is 0 Å². The second-order valence-corrected chi connectivity index (χ2v) is 2.64. The fraction of sp³-hybridized carbons (Fsp3) is 0.417. The van der Waals surface area contributed by atoms with Crippen LogP contribution in [0.5, 0.6) is 0 Å². The zero-order chi connectivity index (χ0) is 9.07. The lowest BCUT2D eigenvalue weighted by Crippen LogP contribution is -1.66. The summed E-state index contributed by atoms with van der Waals surface area (Å²) >= 11 is 0. The van der Waals surface area contributed by atoms with Crippen molar-refractivity contribution in [2.45, 2.75) is 33.1 Å². The average Bonchev–Trinajstić information content (AvgIpc) is 2.10. The quantitative estimate of drug-likeness (QED) is 0.409.